The molecule has 2 atom stereocenters. The van der Waals surface area contributed by atoms with E-state index in [2.05, 4.69) is 40.8 Å². The van der Waals surface area contributed by atoms with Gasteiger partial charge in [-0.05, 0) is 54.1 Å². The summed E-state index contributed by atoms with van der Waals surface area (Å²) >= 11 is 0. The monoisotopic (exact) mass is 815 g/mol. The zero-order valence-electron chi connectivity index (χ0n) is 29.9. The molecule has 304 valence electrons. The number of carbonyl (C=O) groups excluding carboxylic acids is 2. The first kappa shape index (κ1) is 40.1. The lowest BCUT2D eigenvalue weighted by Crippen LogP contribution is -2.33. The summed E-state index contributed by atoms with van der Waals surface area (Å²) < 4.78 is 114. The maximum absolute atomic E-state index is 14.5. The molecule has 4 N–H and O–H groups in total. The van der Waals surface area contributed by atoms with Gasteiger partial charge in [-0.2, -0.15) is 18.3 Å². The summed E-state index contributed by atoms with van der Waals surface area (Å²) in [6.07, 6.45) is -5.49. The molecule has 3 aliphatic heterocycles. The molecule has 2 fully saturated rings. The summed E-state index contributed by atoms with van der Waals surface area (Å²) in [6, 6.07) is 14.5. The number of alkyl halides is 5. The van der Waals surface area contributed by atoms with E-state index >= 15 is 0 Å². The van der Waals surface area contributed by atoms with Crippen LogP contribution in [0.25, 0.3) is 5.69 Å². The molecule has 13 nitrogen and oxygen atoms in total. The number of hydrogen-bond donors (Lipinski definition) is 4. The number of carbonyl (C=O) groups is 2. The van der Waals surface area contributed by atoms with Gasteiger partial charge in [-0.25, -0.2) is 13.5 Å². The van der Waals surface area contributed by atoms with Crippen LogP contribution in [0.5, 0.6) is 11.5 Å². The van der Waals surface area contributed by atoms with Crippen LogP contribution in [-0.4, -0.2) is 72.3 Å². The molecule has 0 saturated carbocycles. The van der Waals surface area contributed by atoms with Gasteiger partial charge in [-0.3, -0.25) is 14.6 Å². The highest BCUT2D eigenvalue weighted by Crippen LogP contribution is 2.42. The van der Waals surface area contributed by atoms with E-state index < -0.39 is 47.7 Å². The molecule has 0 bridgehead atoms. The van der Waals surface area contributed by atoms with Crippen molar-refractivity contribution in [1.29, 1.82) is 0 Å². The van der Waals surface area contributed by atoms with E-state index in [1.165, 1.54) is 59.5 Å². The van der Waals surface area contributed by atoms with E-state index in [4.69, 9.17) is 9.47 Å². The number of aromatic nitrogens is 3. The fourth-order valence-electron chi connectivity index (χ4n) is 6.03. The van der Waals surface area contributed by atoms with E-state index in [1.807, 2.05) is 0 Å². The largest absolute Gasteiger partial charge is 0.586 e. The van der Waals surface area contributed by atoms with Crippen molar-refractivity contribution in [2.75, 3.05) is 50.0 Å². The number of rotatable bonds is 7. The predicted octanol–water partition coefficient (Wildman–Crippen LogP) is 6.40. The second-order valence-corrected chi connectivity index (χ2v) is 12.9. The van der Waals surface area contributed by atoms with Gasteiger partial charge in [0.15, 0.2) is 11.5 Å². The first-order valence-corrected chi connectivity index (χ1v) is 17.6. The normalized spacial score (nSPS) is 18.5. The molecule has 8 rings (SSSR count). The molecule has 5 aromatic rings. The third kappa shape index (κ3) is 9.53. The van der Waals surface area contributed by atoms with Crippen LogP contribution in [0.2, 0.25) is 0 Å². The van der Waals surface area contributed by atoms with Gasteiger partial charge in [0.1, 0.15) is 17.3 Å². The van der Waals surface area contributed by atoms with E-state index in [9.17, 15) is 40.3 Å². The van der Waals surface area contributed by atoms with Crippen molar-refractivity contribution in [2.24, 2.45) is 0 Å². The van der Waals surface area contributed by atoms with Gasteiger partial charge in [0.05, 0.1) is 48.6 Å². The van der Waals surface area contributed by atoms with Gasteiger partial charge in [-0.15, -0.1) is 8.78 Å². The molecule has 2 saturated heterocycles. The molecule has 58 heavy (non-hydrogen) atoms. The standard InChI is InChI=1S/C21H17F3N4O4.C17H15F4N3O2/c22-15-7-12(19-10-25-5-6-30-19)1-3-16(15)27-20(29)13-9-26-28(11-13)14-2-4-17-18(8-14)32-21(23,24)31-17;18-13-8-11(1-2-12(13)14-9-22-5-6-26-14)24-16(25)10-3-4-23-15(7-10)17(19,20)21/h1-4,7-9,11,19,25H,5-6,10H2,(H,27,29);1-4,7-8,14,22H,5-6,9H2,(H,24,25)/t19-;14-/m10/s1. The Balaban J connectivity index is 0.000000181. The number of amides is 2. The summed E-state index contributed by atoms with van der Waals surface area (Å²) in [5.74, 6) is -2.77. The summed E-state index contributed by atoms with van der Waals surface area (Å²) in [5.41, 5.74) is 0.292. The van der Waals surface area contributed by atoms with Gasteiger partial charge in [0.2, 0.25) is 0 Å². The van der Waals surface area contributed by atoms with Crippen LogP contribution in [0, 0.1) is 11.6 Å². The van der Waals surface area contributed by atoms with Crippen molar-refractivity contribution in [3.8, 4) is 17.2 Å². The first-order chi connectivity index (χ1) is 27.7. The molecule has 2 aromatic heterocycles. The van der Waals surface area contributed by atoms with Crippen molar-refractivity contribution >= 4 is 23.2 Å². The highest BCUT2D eigenvalue weighted by atomic mass is 19.4. The predicted molar refractivity (Wildman–Crippen MR) is 191 cm³/mol. The highest BCUT2D eigenvalue weighted by molar-refractivity contribution is 6.04. The van der Waals surface area contributed by atoms with Crippen LogP contribution in [0.1, 0.15) is 49.7 Å². The summed E-state index contributed by atoms with van der Waals surface area (Å²) in [6.45, 7) is 3.51. The Bertz CT molecular complexity index is 2300. The topological polar surface area (TPSA) is 150 Å². The van der Waals surface area contributed by atoms with Gasteiger partial charge in [0.25, 0.3) is 11.8 Å². The molecule has 20 heteroatoms. The minimum absolute atomic E-state index is 0.0144. The fraction of sp³-hybridized carbons (Fsp3) is 0.263. The van der Waals surface area contributed by atoms with Crippen molar-refractivity contribution in [3.63, 3.8) is 0 Å². The Morgan fingerprint density at radius 1 is 0.793 bits per heavy atom. The average Bonchev–Trinajstić information content (AvgIpc) is 3.83. The van der Waals surface area contributed by atoms with Crippen LogP contribution in [0.4, 0.5) is 42.1 Å². The maximum Gasteiger partial charge on any atom is 0.586 e. The third-order valence-electron chi connectivity index (χ3n) is 8.88. The third-order valence-corrected chi connectivity index (χ3v) is 8.88. The fourth-order valence-corrected chi connectivity index (χ4v) is 6.03. The number of halogens is 7. The van der Waals surface area contributed by atoms with E-state index in [0.29, 0.717) is 55.7 Å². The van der Waals surface area contributed by atoms with Gasteiger partial charge in [0, 0.05) is 61.5 Å². The Morgan fingerprint density at radius 2 is 1.52 bits per heavy atom. The first-order valence-electron chi connectivity index (χ1n) is 17.6. The second-order valence-electron chi connectivity index (χ2n) is 12.9. The SMILES string of the molecule is O=C(Nc1ccc([C@@H]2CNCCO2)c(F)c1)c1ccnc(C(F)(F)F)c1.O=C(Nc1ccc([C@H]2CNCCO2)cc1F)c1cnn(-c2ccc3c(c2)OC(F)(F)O3)c1. The summed E-state index contributed by atoms with van der Waals surface area (Å²) in [7, 11) is 0. The van der Waals surface area contributed by atoms with Crippen LogP contribution in [0.15, 0.2) is 85.3 Å². The Kier molecular flexibility index (Phi) is 11.6. The van der Waals surface area contributed by atoms with Crippen LogP contribution >= 0.6 is 0 Å². The Morgan fingerprint density at radius 3 is 2.21 bits per heavy atom. The smallest absolute Gasteiger partial charge is 0.395 e. The molecule has 0 unspecified atom stereocenters. The maximum atomic E-state index is 14.5. The number of nitrogens with zero attached hydrogens (tertiary/aromatic N) is 3. The lowest BCUT2D eigenvalue weighted by atomic mass is 10.1. The molecule has 5 heterocycles. The van der Waals surface area contributed by atoms with Crippen LogP contribution < -0.4 is 30.7 Å². The number of morpholine rings is 2. The van der Waals surface area contributed by atoms with E-state index in [0.717, 1.165) is 24.9 Å². The van der Waals surface area contributed by atoms with Crippen molar-refractivity contribution in [1.82, 2.24) is 25.4 Å². The van der Waals surface area contributed by atoms with Crippen molar-refractivity contribution in [3.05, 3.63) is 125 Å². The lowest BCUT2D eigenvalue weighted by Gasteiger charge is -2.24. The number of fused-ring (bicyclic) bond motifs is 1. The van der Waals surface area contributed by atoms with Crippen molar-refractivity contribution in [2.45, 2.75) is 24.7 Å². The summed E-state index contributed by atoms with van der Waals surface area (Å²) in [4.78, 5) is 27.9. The molecular formula is C38H32F7N7O6. The Labute approximate surface area is 324 Å². The van der Waals surface area contributed by atoms with Crippen LogP contribution in [0.3, 0.4) is 0 Å². The number of anilines is 2. The average molecular weight is 816 g/mol. The number of hydrogen-bond acceptors (Lipinski definition) is 10. The zero-order chi connectivity index (χ0) is 41.0. The second kappa shape index (κ2) is 16.8. The molecule has 3 aliphatic rings. The number of nitrogens with one attached hydrogen (secondary N) is 4. The number of ether oxygens (including phenoxy) is 4. The Hall–Kier alpha value is -6.09. The molecular weight excluding hydrogens is 783 g/mol. The zero-order valence-corrected chi connectivity index (χ0v) is 29.9. The molecule has 2 amide bonds. The molecule has 0 aliphatic carbocycles. The number of benzene rings is 3. The van der Waals surface area contributed by atoms with Gasteiger partial charge in [-0.1, -0.05) is 12.1 Å². The van der Waals surface area contributed by atoms with E-state index in [1.54, 1.807) is 6.07 Å². The minimum atomic E-state index is -4.65. The van der Waals surface area contributed by atoms with Gasteiger partial charge >= 0.3 is 12.5 Å². The summed E-state index contributed by atoms with van der Waals surface area (Å²) in [5, 5.41) is 15.2. The number of pyridine rings is 1. The minimum Gasteiger partial charge on any atom is -0.395 e. The quantitative estimate of drug-likeness (QED) is 0.136. The molecule has 0 radical (unpaired) electrons. The van der Waals surface area contributed by atoms with E-state index in [-0.39, 0.29) is 40.1 Å². The highest BCUT2D eigenvalue weighted by Gasteiger charge is 2.43. The van der Waals surface area contributed by atoms with Crippen LogP contribution in [-0.2, 0) is 15.7 Å². The lowest BCUT2D eigenvalue weighted by molar-refractivity contribution is -0.286. The van der Waals surface area contributed by atoms with Gasteiger partial charge < -0.3 is 40.2 Å². The van der Waals surface area contributed by atoms with Crippen molar-refractivity contribution < 1.29 is 59.3 Å². The molecule has 3 aromatic carbocycles. The molecule has 0 spiro atoms.